The normalized spacial score (nSPS) is 11.4. The average Bonchev–Trinajstić information content (AvgIpc) is 3.04. The third-order valence-electron chi connectivity index (χ3n) is 7.09. The van der Waals surface area contributed by atoms with Gasteiger partial charge < -0.3 is 9.47 Å². The summed E-state index contributed by atoms with van der Waals surface area (Å²) in [5.74, 6) is 1.83. The molecule has 0 aliphatic carbocycles. The maximum atomic E-state index is 5.83. The van der Waals surface area contributed by atoms with Crippen LogP contribution >= 0.6 is 0 Å². The summed E-state index contributed by atoms with van der Waals surface area (Å²) in [6, 6.07) is 32.8. The van der Waals surface area contributed by atoms with Gasteiger partial charge in [-0.3, -0.25) is 9.98 Å². The zero-order valence-electron chi connectivity index (χ0n) is 25.2. The van der Waals surface area contributed by atoms with Crippen LogP contribution in [0.5, 0.6) is 11.5 Å². The van der Waals surface area contributed by atoms with Gasteiger partial charge in [-0.05, 0) is 108 Å². The smallest absolute Gasteiger partial charge is 0.119 e. The molecule has 0 spiro atoms. The molecule has 4 nitrogen and oxygen atoms in total. The van der Waals surface area contributed by atoms with Crippen molar-refractivity contribution in [1.29, 1.82) is 0 Å². The maximum absolute atomic E-state index is 5.83. The number of hydrogen-bond acceptors (Lipinski definition) is 4. The number of hydrogen-bond donors (Lipinski definition) is 0. The van der Waals surface area contributed by atoms with Crippen LogP contribution in [0.15, 0.2) is 107 Å². The average molecular weight is 561 g/mol. The number of ether oxygens (including phenoxy) is 2. The molecule has 218 valence electrons. The van der Waals surface area contributed by atoms with Gasteiger partial charge in [-0.1, -0.05) is 76.6 Å². The molecule has 0 N–H and O–H groups in total. The summed E-state index contributed by atoms with van der Waals surface area (Å²) in [5.41, 5.74) is 6.24. The summed E-state index contributed by atoms with van der Waals surface area (Å²) in [6.07, 6.45) is 13.5. The molecule has 0 atom stereocenters. The number of benzene rings is 4. The topological polar surface area (TPSA) is 43.2 Å². The van der Waals surface area contributed by atoms with Gasteiger partial charge in [0.05, 0.1) is 24.6 Å². The van der Waals surface area contributed by atoms with Crippen molar-refractivity contribution in [3.63, 3.8) is 0 Å². The van der Waals surface area contributed by atoms with Crippen LogP contribution in [0, 0.1) is 0 Å². The van der Waals surface area contributed by atoms with E-state index in [0.717, 1.165) is 71.2 Å². The number of rotatable bonds is 17. The lowest BCUT2D eigenvalue weighted by molar-refractivity contribution is 0.305. The Balaban J connectivity index is 1.24. The molecule has 0 aromatic heterocycles. The van der Waals surface area contributed by atoms with E-state index in [1.807, 2.05) is 85.2 Å². The predicted molar refractivity (Wildman–Crippen MR) is 179 cm³/mol. The summed E-state index contributed by atoms with van der Waals surface area (Å²) in [4.78, 5) is 9.28. The molecule has 42 heavy (non-hydrogen) atoms. The summed E-state index contributed by atoms with van der Waals surface area (Å²) < 4.78 is 11.7. The van der Waals surface area contributed by atoms with Crippen molar-refractivity contribution in [3.05, 3.63) is 108 Å². The fourth-order valence-electron chi connectivity index (χ4n) is 4.52. The van der Waals surface area contributed by atoms with Gasteiger partial charge in [0.1, 0.15) is 11.5 Å². The summed E-state index contributed by atoms with van der Waals surface area (Å²) in [5, 5.41) is 0. The van der Waals surface area contributed by atoms with Gasteiger partial charge in [-0.15, -0.1) is 0 Å². The Kier molecular flexibility index (Phi) is 12.9. The fourth-order valence-corrected chi connectivity index (χ4v) is 4.52. The Morgan fingerprint density at radius 1 is 0.452 bits per heavy atom. The quantitative estimate of drug-likeness (QED) is 0.0952. The molecule has 0 aliphatic rings. The van der Waals surface area contributed by atoms with Crippen molar-refractivity contribution in [2.75, 3.05) is 13.2 Å². The highest BCUT2D eigenvalue weighted by Gasteiger charge is 2.00. The van der Waals surface area contributed by atoms with Crippen LogP contribution in [0.4, 0.5) is 11.4 Å². The molecule has 0 aliphatic heterocycles. The van der Waals surface area contributed by atoms with Gasteiger partial charge in [0.25, 0.3) is 0 Å². The second-order valence-electron chi connectivity index (χ2n) is 10.6. The largest absolute Gasteiger partial charge is 0.494 e. The standard InChI is InChI=1S/C38H44N2O2/c1-3-5-7-9-27-41-37-23-11-31(12-24-37)29-39-35-19-15-33(16-20-35)34-17-21-36(22-18-34)40-30-32-13-25-38(26-14-32)42-28-10-8-6-4-2/h11-26,29-30H,3-10,27-28H2,1-2H3. The third kappa shape index (κ3) is 10.7. The highest BCUT2D eigenvalue weighted by molar-refractivity contribution is 5.83. The zero-order chi connectivity index (χ0) is 29.2. The minimum atomic E-state index is 0.777. The van der Waals surface area contributed by atoms with E-state index < -0.39 is 0 Å². The molecule has 0 unspecified atom stereocenters. The van der Waals surface area contributed by atoms with Crippen LogP contribution in [-0.4, -0.2) is 25.6 Å². The van der Waals surface area contributed by atoms with Gasteiger partial charge in [0.2, 0.25) is 0 Å². The fraction of sp³-hybridized carbons (Fsp3) is 0.316. The Labute approximate surface area is 252 Å². The van der Waals surface area contributed by atoms with Gasteiger partial charge in [0.15, 0.2) is 0 Å². The number of unbranched alkanes of at least 4 members (excludes halogenated alkanes) is 6. The Morgan fingerprint density at radius 2 is 0.833 bits per heavy atom. The molecule has 4 aromatic carbocycles. The first kappa shape index (κ1) is 30.8. The van der Waals surface area contributed by atoms with Crippen molar-refractivity contribution in [3.8, 4) is 22.6 Å². The molecule has 0 saturated heterocycles. The van der Waals surface area contributed by atoms with Gasteiger partial charge in [-0.25, -0.2) is 0 Å². The van der Waals surface area contributed by atoms with E-state index in [9.17, 15) is 0 Å². The Bertz CT molecular complexity index is 1250. The van der Waals surface area contributed by atoms with Crippen LogP contribution in [0.3, 0.4) is 0 Å². The molecule has 4 heteroatoms. The maximum Gasteiger partial charge on any atom is 0.119 e. The van der Waals surface area contributed by atoms with E-state index in [4.69, 9.17) is 9.47 Å². The number of nitrogens with zero attached hydrogens (tertiary/aromatic N) is 2. The van der Waals surface area contributed by atoms with E-state index in [1.54, 1.807) is 0 Å². The molecule has 0 heterocycles. The van der Waals surface area contributed by atoms with Gasteiger partial charge in [-0.2, -0.15) is 0 Å². The molecular formula is C38H44N2O2. The predicted octanol–water partition coefficient (Wildman–Crippen LogP) is 10.8. The van der Waals surface area contributed by atoms with Crippen molar-refractivity contribution >= 4 is 23.8 Å². The van der Waals surface area contributed by atoms with Gasteiger partial charge >= 0.3 is 0 Å². The van der Waals surface area contributed by atoms with E-state index in [0.29, 0.717) is 0 Å². The molecule has 0 radical (unpaired) electrons. The van der Waals surface area contributed by atoms with Crippen LogP contribution in [-0.2, 0) is 0 Å². The molecule has 0 saturated carbocycles. The lowest BCUT2D eigenvalue weighted by atomic mass is 10.1. The van der Waals surface area contributed by atoms with Crippen LogP contribution in [0.2, 0.25) is 0 Å². The number of aliphatic imine (C=N–C) groups is 2. The SMILES string of the molecule is CCCCCCOc1ccc(C=Nc2ccc(-c3ccc(N=Cc4ccc(OCCCCCC)cc4)cc3)cc2)cc1. The monoisotopic (exact) mass is 560 g/mol. The zero-order valence-corrected chi connectivity index (χ0v) is 25.2. The molecular weight excluding hydrogens is 516 g/mol. The lowest BCUT2D eigenvalue weighted by Crippen LogP contribution is -1.97. The van der Waals surface area contributed by atoms with Crippen molar-refractivity contribution in [1.82, 2.24) is 0 Å². The second-order valence-corrected chi connectivity index (χ2v) is 10.6. The van der Waals surface area contributed by atoms with E-state index in [1.165, 1.54) is 38.5 Å². The molecule has 0 amide bonds. The summed E-state index contributed by atoms with van der Waals surface area (Å²) >= 11 is 0. The van der Waals surface area contributed by atoms with E-state index in [2.05, 4.69) is 48.1 Å². The Morgan fingerprint density at radius 3 is 1.19 bits per heavy atom. The van der Waals surface area contributed by atoms with Crippen LogP contribution < -0.4 is 9.47 Å². The third-order valence-corrected chi connectivity index (χ3v) is 7.09. The van der Waals surface area contributed by atoms with Crippen LogP contribution in [0.25, 0.3) is 11.1 Å². The van der Waals surface area contributed by atoms with E-state index >= 15 is 0 Å². The first-order chi connectivity index (χ1) is 20.7. The minimum Gasteiger partial charge on any atom is -0.494 e. The molecule has 0 bridgehead atoms. The molecule has 4 rings (SSSR count). The van der Waals surface area contributed by atoms with Crippen molar-refractivity contribution < 1.29 is 9.47 Å². The van der Waals surface area contributed by atoms with Crippen molar-refractivity contribution in [2.24, 2.45) is 9.98 Å². The molecule has 0 fully saturated rings. The Hall–Kier alpha value is -4.18. The van der Waals surface area contributed by atoms with Crippen LogP contribution in [0.1, 0.15) is 76.3 Å². The van der Waals surface area contributed by atoms with Crippen molar-refractivity contribution in [2.45, 2.75) is 65.2 Å². The minimum absolute atomic E-state index is 0.777. The molecule has 4 aromatic rings. The summed E-state index contributed by atoms with van der Waals surface area (Å²) in [6.45, 7) is 6.00. The first-order valence-corrected chi connectivity index (χ1v) is 15.5. The van der Waals surface area contributed by atoms with E-state index in [-0.39, 0.29) is 0 Å². The highest BCUT2D eigenvalue weighted by atomic mass is 16.5. The lowest BCUT2D eigenvalue weighted by Gasteiger charge is -2.06. The highest BCUT2D eigenvalue weighted by Crippen LogP contribution is 2.25. The van der Waals surface area contributed by atoms with Gasteiger partial charge in [0, 0.05) is 12.4 Å². The second kappa shape index (κ2) is 17.6. The summed E-state index contributed by atoms with van der Waals surface area (Å²) in [7, 11) is 0. The first-order valence-electron chi connectivity index (χ1n) is 15.5.